The Morgan fingerprint density at radius 1 is 1.40 bits per heavy atom. The van der Waals surface area contributed by atoms with Crippen LogP contribution >= 0.6 is 0 Å². The van der Waals surface area contributed by atoms with Crippen LogP contribution < -0.4 is 5.32 Å². The number of carbonyl (C=O) groups is 1. The van der Waals surface area contributed by atoms with Crippen molar-refractivity contribution < 1.29 is 14.3 Å². The maximum Gasteiger partial charge on any atom is 0.234 e. The number of halogens is 1. The molecule has 1 aromatic rings. The van der Waals surface area contributed by atoms with Crippen LogP contribution in [-0.4, -0.2) is 48.2 Å². The molecule has 1 unspecified atom stereocenters. The largest absolute Gasteiger partial charge is 0.392 e. The maximum absolute atomic E-state index is 12.7. The number of hydrogen-bond acceptors (Lipinski definition) is 3. The summed E-state index contributed by atoms with van der Waals surface area (Å²) >= 11 is 0. The van der Waals surface area contributed by atoms with Crippen LogP contribution in [0.3, 0.4) is 0 Å². The molecule has 0 spiro atoms. The highest BCUT2D eigenvalue weighted by molar-refractivity contribution is 5.78. The van der Waals surface area contributed by atoms with Gasteiger partial charge in [0.15, 0.2) is 0 Å². The average Bonchev–Trinajstić information content (AvgIpc) is 2.41. The molecule has 5 heteroatoms. The molecular formula is C15H21FN2O2. The lowest BCUT2D eigenvalue weighted by Gasteiger charge is -2.29. The maximum atomic E-state index is 12.7. The first kappa shape index (κ1) is 14.9. The molecule has 0 radical (unpaired) electrons. The summed E-state index contributed by atoms with van der Waals surface area (Å²) in [5.41, 5.74) is 1.00. The van der Waals surface area contributed by atoms with Gasteiger partial charge in [-0.05, 0) is 43.5 Å². The number of carbonyl (C=O) groups excluding carboxylic acids is 1. The Morgan fingerprint density at radius 2 is 2.15 bits per heavy atom. The number of aliphatic hydroxyl groups is 1. The van der Waals surface area contributed by atoms with Crippen LogP contribution in [0.2, 0.25) is 0 Å². The quantitative estimate of drug-likeness (QED) is 0.844. The van der Waals surface area contributed by atoms with E-state index in [0.717, 1.165) is 24.9 Å². The van der Waals surface area contributed by atoms with Crippen LogP contribution in [0.25, 0.3) is 0 Å². The molecule has 1 heterocycles. The van der Waals surface area contributed by atoms with Gasteiger partial charge in [-0.1, -0.05) is 12.1 Å². The molecule has 0 bridgehead atoms. The highest BCUT2D eigenvalue weighted by Gasteiger charge is 2.19. The van der Waals surface area contributed by atoms with E-state index < -0.39 is 0 Å². The van der Waals surface area contributed by atoms with E-state index in [4.69, 9.17) is 0 Å². The zero-order chi connectivity index (χ0) is 14.4. The van der Waals surface area contributed by atoms with Crippen molar-refractivity contribution in [3.8, 4) is 0 Å². The van der Waals surface area contributed by atoms with E-state index in [1.165, 1.54) is 12.1 Å². The van der Waals surface area contributed by atoms with Gasteiger partial charge in [-0.15, -0.1) is 0 Å². The Bertz CT molecular complexity index is 436. The van der Waals surface area contributed by atoms with Crippen molar-refractivity contribution in [2.75, 3.05) is 26.2 Å². The van der Waals surface area contributed by atoms with Gasteiger partial charge in [0.05, 0.1) is 12.6 Å². The molecular weight excluding hydrogens is 259 g/mol. The highest BCUT2D eigenvalue weighted by Crippen LogP contribution is 2.08. The molecule has 4 nitrogen and oxygen atoms in total. The van der Waals surface area contributed by atoms with Crippen LogP contribution in [-0.2, 0) is 11.2 Å². The van der Waals surface area contributed by atoms with E-state index in [1.807, 2.05) is 4.90 Å². The molecule has 20 heavy (non-hydrogen) atoms. The van der Waals surface area contributed by atoms with Gasteiger partial charge < -0.3 is 10.4 Å². The Hall–Kier alpha value is -1.46. The molecule has 1 aliphatic rings. The fraction of sp³-hybridized carbons (Fsp3) is 0.533. The molecule has 0 aromatic heterocycles. The molecule has 2 rings (SSSR count). The van der Waals surface area contributed by atoms with Crippen molar-refractivity contribution in [3.05, 3.63) is 35.6 Å². The van der Waals surface area contributed by atoms with E-state index in [0.29, 0.717) is 26.1 Å². The molecule has 2 N–H and O–H groups in total. The standard InChI is InChI=1S/C15H21FN2O2/c16-13-5-3-12(4-6-13)7-8-17-15(20)11-18-9-1-2-14(19)10-18/h3-6,14,19H,1-2,7-11H2,(H,17,20). The molecule has 110 valence electrons. The first-order valence-electron chi connectivity index (χ1n) is 7.05. The summed E-state index contributed by atoms with van der Waals surface area (Å²) in [6.45, 7) is 2.31. The normalized spacial score (nSPS) is 19.8. The zero-order valence-electron chi connectivity index (χ0n) is 11.5. The Labute approximate surface area is 118 Å². The molecule has 1 amide bonds. The van der Waals surface area contributed by atoms with Crippen molar-refractivity contribution >= 4 is 5.91 Å². The molecule has 1 aromatic carbocycles. The van der Waals surface area contributed by atoms with Gasteiger partial charge in [0, 0.05) is 13.1 Å². The first-order chi connectivity index (χ1) is 9.63. The van der Waals surface area contributed by atoms with Crippen molar-refractivity contribution in [1.29, 1.82) is 0 Å². The van der Waals surface area contributed by atoms with E-state index in [1.54, 1.807) is 12.1 Å². The molecule has 1 fully saturated rings. The summed E-state index contributed by atoms with van der Waals surface area (Å²) in [6, 6.07) is 6.30. The van der Waals surface area contributed by atoms with Gasteiger partial charge in [-0.2, -0.15) is 0 Å². The van der Waals surface area contributed by atoms with Gasteiger partial charge in [-0.3, -0.25) is 9.69 Å². The predicted molar refractivity (Wildman–Crippen MR) is 74.8 cm³/mol. The lowest BCUT2D eigenvalue weighted by molar-refractivity contribution is -0.122. The van der Waals surface area contributed by atoms with Crippen LogP contribution in [0.1, 0.15) is 18.4 Å². The Kier molecular flexibility index (Phi) is 5.49. The number of benzene rings is 1. The van der Waals surface area contributed by atoms with Crippen LogP contribution in [0.5, 0.6) is 0 Å². The fourth-order valence-electron chi connectivity index (χ4n) is 2.43. The number of β-amino-alcohol motifs (C(OH)–C–C–N with tert-alkyl or cyclic N) is 1. The molecule has 1 saturated heterocycles. The molecule has 0 saturated carbocycles. The number of hydrogen-bond donors (Lipinski definition) is 2. The molecule has 0 aliphatic carbocycles. The van der Waals surface area contributed by atoms with Crippen molar-refractivity contribution in [2.45, 2.75) is 25.4 Å². The Morgan fingerprint density at radius 3 is 2.85 bits per heavy atom. The number of likely N-dealkylation sites (tertiary alicyclic amines) is 1. The summed E-state index contributed by atoms with van der Waals surface area (Å²) in [5, 5.41) is 12.4. The third-order valence-corrected chi connectivity index (χ3v) is 3.50. The molecule has 1 atom stereocenters. The summed E-state index contributed by atoms with van der Waals surface area (Å²) in [4.78, 5) is 13.7. The summed E-state index contributed by atoms with van der Waals surface area (Å²) in [7, 11) is 0. The number of nitrogens with one attached hydrogen (secondary N) is 1. The minimum absolute atomic E-state index is 0.0267. The third kappa shape index (κ3) is 4.90. The van der Waals surface area contributed by atoms with Crippen molar-refractivity contribution in [1.82, 2.24) is 10.2 Å². The van der Waals surface area contributed by atoms with Gasteiger partial charge in [-0.25, -0.2) is 4.39 Å². The summed E-state index contributed by atoms with van der Waals surface area (Å²) in [5.74, 6) is -0.275. The van der Waals surface area contributed by atoms with E-state index in [9.17, 15) is 14.3 Å². The summed E-state index contributed by atoms with van der Waals surface area (Å²) in [6.07, 6.45) is 2.14. The van der Waals surface area contributed by atoms with E-state index in [2.05, 4.69) is 5.32 Å². The van der Waals surface area contributed by atoms with E-state index in [-0.39, 0.29) is 17.8 Å². The van der Waals surface area contributed by atoms with Crippen LogP contribution in [0.4, 0.5) is 4.39 Å². The zero-order valence-corrected chi connectivity index (χ0v) is 11.5. The lowest BCUT2D eigenvalue weighted by atomic mass is 10.1. The second-order valence-corrected chi connectivity index (χ2v) is 5.26. The lowest BCUT2D eigenvalue weighted by Crippen LogP contribution is -2.44. The number of nitrogens with zero attached hydrogens (tertiary/aromatic N) is 1. The number of aliphatic hydroxyl groups excluding tert-OH is 1. The number of piperidine rings is 1. The minimum atomic E-state index is -0.309. The predicted octanol–water partition coefficient (Wildman–Crippen LogP) is 0.941. The molecule has 1 aliphatic heterocycles. The number of rotatable bonds is 5. The fourth-order valence-corrected chi connectivity index (χ4v) is 2.43. The highest BCUT2D eigenvalue weighted by atomic mass is 19.1. The van der Waals surface area contributed by atoms with Gasteiger partial charge in [0.25, 0.3) is 0 Å². The Balaban J connectivity index is 1.66. The van der Waals surface area contributed by atoms with Crippen LogP contribution in [0.15, 0.2) is 24.3 Å². The second-order valence-electron chi connectivity index (χ2n) is 5.26. The van der Waals surface area contributed by atoms with Gasteiger partial charge in [0.2, 0.25) is 5.91 Å². The van der Waals surface area contributed by atoms with Crippen molar-refractivity contribution in [3.63, 3.8) is 0 Å². The third-order valence-electron chi connectivity index (χ3n) is 3.50. The summed E-state index contributed by atoms with van der Waals surface area (Å²) < 4.78 is 12.7. The smallest absolute Gasteiger partial charge is 0.234 e. The van der Waals surface area contributed by atoms with E-state index >= 15 is 0 Å². The monoisotopic (exact) mass is 280 g/mol. The number of amides is 1. The average molecular weight is 280 g/mol. The van der Waals surface area contributed by atoms with Gasteiger partial charge >= 0.3 is 0 Å². The SMILES string of the molecule is O=C(CN1CCCC(O)C1)NCCc1ccc(F)cc1. The topological polar surface area (TPSA) is 52.6 Å². The van der Waals surface area contributed by atoms with Gasteiger partial charge in [0.1, 0.15) is 5.82 Å². The first-order valence-corrected chi connectivity index (χ1v) is 7.05. The van der Waals surface area contributed by atoms with Crippen LogP contribution in [0, 0.1) is 5.82 Å². The minimum Gasteiger partial charge on any atom is -0.392 e. The second kappa shape index (κ2) is 7.36. The van der Waals surface area contributed by atoms with Crippen molar-refractivity contribution in [2.24, 2.45) is 0 Å².